The van der Waals surface area contributed by atoms with Crippen LogP contribution in [-0.2, 0) is 20.8 Å². The number of hydrogen-bond donors (Lipinski definition) is 3. The lowest BCUT2D eigenvalue weighted by Crippen LogP contribution is -2.39. The van der Waals surface area contributed by atoms with Crippen LogP contribution in [0.15, 0.2) is 36.9 Å². The molecule has 0 heterocycles. The summed E-state index contributed by atoms with van der Waals surface area (Å²) >= 11 is 0. The van der Waals surface area contributed by atoms with Crippen molar-refractivity contribution in [2.75, 3.05) is 0 Å². The van der Waals surface area contributed by atoms with E-state index in [1.807, 2.05) is 0 Å². The zero-order valence-corrected chi connectivity index (χ0v) is 9.50. The van der Waals surface area contributed by atoms with Crippen LogP contribution >= 0.6 is 0 Å². The van der Waals surface area contributed by atoms with Gasteiger partial charge in [0.15, 0.2) is 0 Å². The zero-order valence-electron chi connectivity index (χ0n) is 9.50. The summed E-state index contributed by atoms with van der Waals surface area (Å²) in [4.78, 5) is 26.2. The molecule has 96 valence electrons. The van der Waals surface area contributed by atoms with Crippen molar-refractivity contribution in [3.8, 4) is 5.75 Å². The normalized spacial score (nSPS) is 11.6. The van der Waals surface area contributed by atoms with Crippen LogP contribution in [0.2, 0.25) is 0 Å². The lowest BCUT2D eigenvalue weighted by Gasteiger charge is -2.13. The molecule has 0 aliphatic rings. The first kappa shape index (κ1) is 13.7. The molecular weight excluding hydrogens is 238 g/mol. The Bertz CT molecular complexity index is 440. The van der Waals surface area contributed by atoms with E-state index in [4.69, 9.17) is 10.2 Å². The van der Waals surface area contributed by atoms with Crippen LogP contribution < -0.4 is 5.48 Å². The number of carbonyl (C=O) groups excluding carboxylic acids is 1. The van der Waals surface area contributed by atoms with E-state index in [0.717, 1.165) is 6.08 Å². The van der Waals surface area contributed by atoms with E-state index in [2.05, 4.69) is 16.9 Å². The summed E-state index contributed by atoms with van der Waals surface area (Å²) < 4.78 is 0. The van der Waals surface area contributed by atoms with Crippen LogP contribution in [-0.4, -0.2) is 28.2 Å². The Balaban J connectivity index is 2.62. The van der Waals surface area contributed by atoms with Gasteiger partial charge in [0.05, 0.1) is 0 Å². The zero-order chi connectivity index (χ0) is 13.5. The van der Waals surface area contributed by atoms with Gasteiger partial charge in [-0.1, -0.05) is 18.7 Å². The van der Waals surface area contributed by atoms with Gasteiger partial charge in [0.1, 0.15) is 11.8 Å². The van der Waals surface area contributed by atoms with Gasteiger partial charge in [-0.3, -0.25) is 4.79 Å². The highest BCUT2D eigenvalue weighted by Gasteiger charge is 2.19. The molecule has 0 aliphatic heterocycles. The maximum Gasteiger partial charge on any atom is 0.348 e. The van der Waals surface area contributed by atoms with Gasteiger partial charge >= 0.3 is 11.9 Å². The largest absolute Gasteiger partial charge is 0.508 e. The maximum atomic E-state index is 10.9. The third-order valence-electron chi connectivity index (χ3n) is 2.14. The quantitative estimate of drug-likeness (QED) is 0.506. The Morgan fingerprint density at radius 2 is 2.00 bits per heavy atom. The van der Waals surface area contributed by atoms with E-state index in [1.165, 1.54) is 12.1 Å². The summed E-state index contributed by atoms with van der Waals surface area (Å²) in [5, 5.41) is 18.0. The summed E-state index contributed by atoms with van der Waals surface area (Å²) in [6.45, 7) is 3.19. The first-order valence-corrected chi connectivity index (χ1v) is 5.12. The minimum atomic E-state index is -1.15. The van der Waals surface area contributed by atoms with Crippen LogP contribution in [0.4, 0.5) is 0 Å². The first-order valence-electron chi connectivity index (χ1n) is 5.12. The topological polar surface area (TPSA) is 95.9 Å². The monoisotopic (exact) mass is 251 g/mol. The Kier molecular flexibility index (Phi) is 4.89. The molecule has 6 nitrogen and oxygen atoms in total. The molecule has 1 atom stereocenters. The molecule has 6 heteroatoms. The third-order valence-corrected chi connectivity index (χ3v) is 2.14. The fourth-order valence-corrected chi connectivity index (χ4v) is 1.22. The number of hydroxylamine groups is 1. The number of benzene rings is 1. The molecule has 0 fully saturated rings. The number of phenols is 1. The first-order chi connectivity index (χ1) is 8.52. The van der Waals surface area contributed by atoms with Gasteiger partial charge in [-0.2, -0.15) is 0 Å². The van der Waals surface area contributed by atoms with Gasteiger partial charge in [-0.05, 0) is 17.7 Å². The SMILES string of the molecule is C=CC(=O)ON[C@@H](Cc1ccc(O)cc1)C(=O)O. The molecule has 0 radical (unpaired) electrons. The molecule has 0 aliphatic carbocycles. The summed E-state index contributed by atoms with van der Waals surface area (Å²) in [5.41, 5.74) is 2.83. The fourth-order valence-electron chi connectivity index (χ4n) is 1.22. The van der Waals surface area contributed by atoms with E-state index in [0.29, 0.717) is 5.56 Å². The van der Waals surface area contributed by atoms with Crippen molar-refractivity contribution < 1.29 is 24.6 Å². The van der Waals surface area contributed by atoms with Crippen LogP contribution in [0, 0.1) is 0 Å². The number of rotatable bonds is 6. The molecule has 0 saturated heterocycles. The molecule has 0 bridgehead atoms. The Hall–Kier alpha value is -2.34. The smallest absolute Gasteiger partial charge is 0.348 e. The van der Waals surface area contributed by atoms with Gasteiger partial charge in [-0.25, -0.2) is 4.79 Å². The molecule has 0 spiro atoms. The van der Waals surface area contributed by atoms with Crippen molar-refractivity contribution in [2.24, 2.45) is 0 Å². The van der Waals surface area contributed by atoms with E-state index in [1.54, 1.807) is 12.1 Å². The average Bonchev–Trinajstić information content (AvgIpc) is 2.35. The fraction of sp³-hybridized carbons (Fsp3) is 0.167. The Morgan fingerprint density at radius 3 is 2.50 bits per heavy atom. The molecule has 0 amide bonds. The molecule has 0 aromatic heterocycles. The molecule has 0 unspecified atom stereocenters. The van der Waals surface area contributed by atoms with Crippen molar-refractivity contribution in [2.45, 2.75) is 12.5 Å². The second-order valence-electron chi connectivity index (χ2n) is 3.50. The number of carboxylic acid groups (broad SMARTS) is 1. The number of aliphatic carboxylic acids is 1. The number of nitrogens with one attached hydrogen (secondary N) is 1. The molecule has 1 rings (SSSR count). The third kappa shape index (κ3) is 4.26. The highest BCUT2D eigenvalue weighted by molar-refractivity contribution is 5.81. The van der Waals surface area contributed by atoms with Crippen LogP contribution in [0.5, 0.6) is 5.75 Å². The van der Waals surface area contributed by atoms with E-state index in [9.17, 15) is 9.59 Å². The van der Waals surface area contributed by atoms with E-state index in [-0.39, 0.29) is 12.2 Å². The summed E-state index contributed by atoms with van der Waals surface area (Å²) in [6, 6.07) is 5.00. The summed E-state index contributed by atoms with van der Waals surface area (Å²) in [6.07, 6.45) is 1.03. The predicted octanol–water partition coefficient (Wildman–Crippen LogP) is 0.622. The minimum absolute atomic E-state index is 0.0941. The standard InChI is InChI=1S/C12H13NO5/c1-2-11(15)18-13-10(12(16)17)7-8-3-5-9(14)6-4-8/h2-6,10,13-14H,1,7H2,(H,16,17)/t10-/m0/s1. The van der Waals surface area contributed by atoms with Crippen LogP contribution in [0.25, 0.3) is 0 Å². The van der Waals surface area contributed by atoms with E-state index >= 15 is 0 Å². The number of hydrogen-bond acceptors (Lipinski definition) is 5. The predicted molar refractivity (Wildman–Crippen MR) is 62.7 cm³/mol. The second kappa shape index (κ2) is 6.41. The van der Waals surface area contributed by atoms with Crippen molar-refractivity contribution in [3.63, 3.8) is 0 Å². The van der Waals surface area contributed by atoms with E-state index < -0.39 is 18.0 Å². The van der Waals surface area contributed by atoms with Gasteiger partial charge in [0.2, 0.25) is 0 Å². The molecular formula is C12H13NO5. The Morgan fingerprint density at radius 1 is 1.39 bits per heavy atom. The highest BCUT2D eigenvalue weighted by atomic mass is 16.7. The van der Waals surface area contributed by atoms with Crippen LogP contribution in [0.3, 0.4) is 0 Å². The van der Waals surface area contributed by atoms with Crippen molar-refractivity contribution in [1.82, 2.24) is 5.48 Å². The molecule has 3 N–H and O–H groups in total. The van der Waals surface area contributed by atoms with Gasteiger partial charge in [0.25, 0.3) is 0 Å². The number of aromatic hydroxyl groups is 1. The summed E-state index contributed by atoms with van der Waals surface area (Å²) in [7, 11) is 0. The van der Waals surface area contributed by atoms with Crippen molar-refractivity contribution >= 4 is 11.9 Å². The number of carbonyl (C=O) groups is 2. The minimum Gasteiger partial charge on any atom is -0.508 e. The van der Waals surface area contributed by atoms with Crippen molar-refractivity contribution in [1.29, 1.82) is 0 Å². The lowest BCUT2D eigenvalue weighted by atomic mass is 10.1. The van der Waals surface area contributed by atoms with Crippen molar-refractivity contribution in [3.05, 3.63) is 42.5 Å². The highest BCUT2D eigenvalue weighted by Crippen LogP contribution is 2.11. The van der Waals surface area contributed by atoms with Gasteiger partial charge < -0.3 is 15.1 Å². The lowest BCUT2D eigenvalue weighted by molar-refractivity contribution is -0.153. The van der Waals surface area contributed by atoms with Crippen LogP contribution in [0.1, 0.15) is 5.56 Å². The average molecular weight is 251 g/mol. The van der Waals surface area contributed by atoms with Gasteiger partial charge in [-0.15, -0.1) is 5.48 Å². The molecule has 18 heavy (non-hydrogen) atoms. The van der Waals surface area contributed by atoms with Gasteiger partial charge in [0, 0.05) is 12.5 Å². The molecule has 1 aromatic carbocycles. The molecule has 0 saturated carbocycles. The molecule has 1 aromatic rings. The number of phenolic OH excluding ortho intramolecular Hbond substituents is 1. The second-order valence-corrected chi connectivity index (χ2v) is 3.50. The maximum absolute atomic E-state index is 10.9. The Labute approximate surface area is 103 Å². The number of carboxylic acids is 1. The summed E-state index contributed by atoms with van der Waals surface area (Å²) in [5.74, 6) is -1.82.